The molecule has 0 spiro atoms. The molecule has 0 atom stereocenters. The van der Waals surface area contributed by atoms with E-state index >= 15 is 0 Å². The molecule has 0 radical (unpaired) electrons. The highest BCUT2D eigenvalue weighted by Crippen LogP contribution is 2.17. The van der Waals surface area contributed by atoms with Crippen molar-refractivity contribution in [3.05, 3.63) is 64.7 Å². The molecule has 4 heteroatoms. The van der Waals surface area contributed by atoms with E-state index in [1.165, 1.54) is 24.3 Å². The third-order valence-corrected chi connectivity index (χ3v) is 2.78. The van der Waals surface area contributed by atoms with Crippen molar-refractivity contribution in [2.45, 2.75) is 13.5 Å². The molecule has 0 saturated heterocycles. The number of nitriles is 1. The second-order valence-corrected chi connectivity index (χ2v) is 4.25. The molecular formula is C15H12F2N2. The Morgan fingerprint density at radius 1 is 1.11 bits per heavy atom. The first-order chi connectivity index (χ1) is 9.10. The zero-order valence-electron chi connectivity index (χ0n) is 10.4. The highest BCUT2D eigenvalue weighted by atomic mass is 19.1. The number of halogens is 2. The molecule has 2 aromatic rings. The van der Waals surface area contributed by atoms with E-state index in [4.69, 9.17) is 5.26 Å². The normalized spacial score (nSPS) is 10.0. The lowest BCUT2D eigenvalue weighted by Crippen LogP contribution is -2.03. The summed E-state index contributed by atoms with van der Waals surface area (Å²) < 4.78 is 27.2. The molecule has 0 saturated carbocycles. The maximum Gasteiger partial charge on any atom is 0.146 e. The molecule has 0 bridgehead atoms. The van der Waals surface area contributed by atoms with Crippen LogP contribution in [0.15, 0.2) is 36.4 Å². The Labute approximate surface area is 110 Å². The Hall–Kier alpha value is -2.41. The summed E-state index contributed by atoms with van der Waals surface area (Å²) in [4.78, 5) is 0. The van der Waals surface area contributed by atoms with Gasteiger partial charge in [0.05, 0.1) is 17.3 Å². The summed E-state index contributed by atoms with van der Waals surface area (Å²) in [6, 6.07) is 10.9. The van der Waals surface area contributed by atoms with E-state index in [1.807, 2.05) is 6.07 Å². The predicted octanol–water partition coefficient (Wildman–Crippen LogP) is 3.76. The third-order valence-electron chi connectivity index (χ3n) is 2.78. The molecule has 0 aromatic heterocycles. The van der Waals surface area contributed by atoms with Crippen molar-refractivity contribution in [3.63, 3.8) is 0 Å². The first-order valence-corrected chi connectivity index (χ1v) is 5.78. The molecule has 0 fully saturated rings. The Morgan fingerprint density at radius 3 is 2.53 bits per heavy atom. The quantitative estimate of drug-likeness (QED) is 0.909. The molecule has 96 valence electrons. The number of hydrogen-bond donors (Lipinski definition) is 1. The van der Waals surface area contributed by atoms with E-state index in [-0.39, 0.29) is 17.9 Å². The molecule has 0 aliphatic rings. The van der Waals surface area contributed by atoms with Gasteiger partial charge in [0.15, 0.2) is 0 Å². The van der Waals surface area contributed by atoms with Gasteiger partial charge < -0.3 is 5.32 Å². The van der Waals surface area contributed by atoms with Crippen molar-refractivity contribution in [2.75, 3.05) is 5.32 Å². The van der Waals surface area contributed by atoms with Crippen LogP contribution in [0.2, 0.25) is 0 Å². The molecule has 0 heterocycles. The fraction of sp³-hybridized carbons (Fsp3) is 0.133. The largest absolute Gasteiger partial charge is 0.378 e. The molecule has 0 aliphatic carbocycles. The van der Waals surface area contributed by atoms with Crippen LogP contribution in [0.1, 0.15) is 16.7 Å². The second kappa shape index (κ2) is 5.49. The Balaban J connectivity index is 2.13. The van der Waals surface area contributed by atoms with Crippen molar-refractivity contribution in [1.82, 2.24) is 0 Å². The Morgan fingerprint density at radius 2 is 1.89 bits per heavy atom. The van der Waals surface area contributed by atoms with Gasteiger partial charge in [-0.1, -0.05) is 12.1 Å². The minimum absolute atomic E-state index is 0.164. The minimum Gasteiger partial charge on any atom is -0.378 e. The van der Waals surface area contributed by atoms with E-state index in [1.54, 1.807) is 19.1 Å². The van der Waals surface area contributed by atoms with E-state index in [2.05, 4.69) is 5.32 Å². The SMILES string of the molecule is Cc1ccc(NCc2ccc(C#N)cc2F)c(F)c1. The summed E-state index contributed by atoms with van der Waals surface area (Å²) in [5.41, 5.74) is 1.81. The molecule has 0 aliphatic heterocycles. The summed E-state index contributed by atoms with van der Waals surface area (Å²) in [5, 5.41) is 11.5. The van der Waals surface area contributed by atoms with Gasteiger partial charge in [-0.3, -0.25) is 0 Å². The maximum absolute atomic E-state index is 13.6. The van der Waals surface area contributed by atoms with Gasteiger partial charge in [0.2, 0.25) is 0 Å². The van der Waals surface area contributed by atoms with Crippen LogP contribution in [0, 0.1) is 29.9 Å². The minimum atomic E-state index is -0.473. The number of benzene rings is 2. The summed E-state index contributed by atoms with van der Waals surface area (Å²) in [6.07, 6.45) is 0. The zero-order valence-corrected chi connectivity index (χ0v) is 10.4. The number of nitrogens with one attached hydrogen (secondary N) is 1. The highest BCUT2D eigenvalue weighted by Gasteiger charge is 2.06. The van der Waals surface area contributed by atoms with Crippen molar-refractivity contribution < 1.29 is 8.78 Å². The van der Waals surface area contributed by atoms with E-state index in [9.17, 15) is 8.78 Å². The zero-order chi connectivity index (χ0) is 13.8. The van der Waals surface area contributed by atoms with Crippen LogP contribution in [0.3, 0.4) is 0 Å². The molecule has 1 N–H and O–H groups in total. The lowest BCUT2D eigenvalue weighted by atomic mass is 10.1. The van der Waals surface area contributed by atoms with Gasteiger partial charge in [-0.05, 0) is 36.8 Å². The number of anilines is 1. The van der Waals surface area contributed by atoms with Crippen LogP contribution in [0.4, 0.5) is 14.5 Å². The van der Waals surface area contributed by atoms with Crippen molar-refractivity contribution in [2.24, 2.45) is 0 Å². The van der Waals surface area contributed by atoms with Crippen molar-refractivity contribution in [3.8, 4) is 6.07 Å². The van der Waals surface area contributed by atoms with Crippen molar-refractivity contribution in [1.29, 1.82) is 5.26 Å². The van der Waals surface area contributed by atoms with Gasteiger partial charge in [0, 0.05) is 12.1 Å². The molecular weight excluding hydrogens is 246 g/mol. The lowest BCUT2D eigenvalue weighted by molar-refractivity contribution is 0.610. The van der Waals surface area contributed by atoms with Crippen LogP contribution in [-0.2, 0) is 6.54 Å². The fourth-order valence-electron chi connectivity index (χ4n) is 1.71. The topological polar surface area (TPSA) is 35.8 Å². The van der Waals surface area contributed by atoms with Gasteiger partial charge in [-0.25, -0.2) is 8.78 Å². The van der Waals surface area contributed by atoms with Crippen LogP contribution in [-0.4, -0.2) is 0 Å². The second-order valence-electron chi connectivity index (χ2n) is 4.25. The average Bonchev–Trinajstić information content (AvgIpc) is 2.39. The Bertz CT molecular complexity index is 645. The lowest BCUT2D eigenvalue weighted by Gasteiger charge is -2.09. The molecule has 0 amide bonds. The number of hydrogen-bond acceptors (Lipinski definition) is 2. The van der Waals surface area contributed by atoms with E-state index < -0.39 is 5.82 Å². The first kappa shape index (κ1) is 13.0. The monoisotopic (exact) mass is 258 g/mol. The van der Waals surface area contributed by atoms with Gasteiger partial charge in [-0.15, -0.1) is 0 Å². The molecule has 2 nitrogen and oxygen atoms in total. The number of rotatable bonds is 3. The molecule has 2 rings (SSSR count). The summed E-state index contributed by atoms with van der Waals surface area (Å²) >= 11 is 0. The highest BCUT2D eigenvalue weighted by molar-refractivity contribution is 5.47. The summed E-state index contributed by atoms with van der Waals surface area (Å²) in [6.45, 7) is 1.96. The molecule has 19 heavy (non-hydrogen) atoms. The van der Waals surface area contributed by atoms with Crippen LogP contribution in [0.25, 0.3) is 0 Å². The molecule has 2 aromatic carbocycles. The number of aryl methyl sites for hydroxylation is 1. The van der Waals surface area contributed by atoms with E-state index in [0.29, 0.717) is 11.3 Å². The molecule has 0 unspecified atom stereocenters. The predicted molar refractivity (Wildman–Crippen MR) is 69.6 cm³/mol. The van der Waals surface area contributed by atoms with Crippen molar-refractivity contribution >= 4 is 5.69 Å². The van der Waals surface area contributed by atoms with Crippen LogP contribution >= 0.6 is 0 Å². The summed E-state index contributed by atoms with van der Waals surface area (Å²) in [7, 11) is 0. The van der Waals surface area contributed by atoms with Gasteiger partial charge >= 0.3 is 0 Å². The fourth-order valence-corrected chi connectivity index (χ4v) is 1.71. The van der Waals surface area contributed by atoms with Crippen LogP contribution < -0.4 is 5.32 Å². The average molecular weight is 258 g/mol. The first-order valence-electron chi connectivity index (χ1n) is 5.78. The van der Waals surface area contributed by atoms with Gasteiger partial charge in [0.1, 0.15) is 11.6 Å². The van der Waals surface area contributed by atoms with Gasteiger partial charge in [0.25, 0.3) is 0 Å². The third kappa shape index (κ3) is 3.08. The standard InChI is InChI=1S/C15H12F2N2/c1-10-2-5-15(14(17)6-10)19-9-12-4-3-11(8-18)7-13(12)16/h2-7,19H,9H2,1H3. The smallest absolute Gasteiger partial charge is 0.146 e. The van der Waals surface area contributed by atoms with Gasteiger partial charge in [-0.2, -0.15) is 5.26 Å². The van der Waals surface area contributed by atoms with Crippen LogP contribution in [0.5, 0.6) is 0 Å². The Kier molecular flexibility index (Phi) is 3.76. The summed E-state index contributed by atoms with van der Waals surface area (Å²) in [5.74, 6) is -0.840. The van der Waals surface area contributed by atoms with E-state index in [0.717, 1.165) is 5.56 Å². The number of nitrogens with zero attached hydrogens (tertiary/aromatic N) is 1. The maximum atomic E-state index is 13.6.